The molecule has 1 atom stereocenters. The van der Waals surface area contributed by atoms with Crippen molar-refractivity contribution in [3.63, 3.8) is 0 Å². The summed E-state index contributed by atoms with van der Waals surface area (Å²) in [7, 11) is 1.94. The lowest BCUT2D eigenvalue weighted by Crippen LogP contribution is -2.25. The van der Waals surface area contributed by atoms with Crippen LogP contribution in [0, 0.1) is 11.7 Å². The molecular weight excluding hydrogens is 245 g/mol. The maximum absolute atomic E-state index is 13.7. The van der Waals surface area contributed by atoms with Crippen molar-refractivity contribution in [2.45, 2.75) is 13.0 Å². The Morgan fingerprint density at radius 2 is 2.37 bits per heavy atom. The van der Waals surface area contributed by atoms with Gasteiger partial charge in [-0.2, -0.15) is 0 Å². The van der Waals surface area contributed by atoms with Crippen molar-refractivity contribution >= 4 is 5.91 Å². The average Bonchev–Trinajstić information content (AvgIpc) is 2.80. The van der Waals surface area contributed by atoms with Crippen molar-refractivity contribution in [2.24, 2.45) is 11.7 Å². The highest BCUT2D eigenvalue weighted by atomic mass is 19.1. The van der Waals surface area contributed by atoms with Crippen LogP contribution in [0.2, 0.25) is 0 Å². The van der Waals surface area contributed by atoms with Crippen molar-refractivity contribution in [1.29, 1.82) is 0 Å². The molecule has 19 heavy (non-hydrogen) atoms. The smallest absolute Gasteiger partial charge is 0.248 e. The minimum Gasteiger partial charge on any atom is -0.366 e. The Balaban J connectivity index is 2.03. The van der Waals surface area contributed by atoms with Gasteiger partial charge in [0, 0.05) is 24.2 Å². The highest BCUT2D eigenvalue weighted by Crippen LogP contribution is 2.20. The average molecular weight is 265 g/mol. The molecule has 104 valence electrons. The van der Waals surface area contributed by atoms with Crippen molar-refractivity contribution in [2.75, 3.05) is 26.7 Å². The summed E-state index contributed by atoms with van der Waals surface area (Å²) in [5, 5.41) is 3.17. The molecule has 1 aliphatic rings. The van der Waals surface area contributed by atoms with E-state index in [1.54, 1.807) is 6.07 Å². The number of rotatable bonds is 5. The predicted molar refractivity (Wildman–Crippen MR) is 72.2 cm³/mol. The fourth-order valence-corrected chi connectivity index (χ4v) is 2.60. The van der Waals surface area contributed by atoms with E-state index in [9.17, 15) is 9.18 Å². The molecule has 1 aliphatic heterocycles. The molecule has 1 unspecified atom stereocenters. The molecular formula is C14H20FN3O. The lowest BCUT2D eigenvalue weighted by atomic mass is 10.1. The SMILES string of the molecule is CNCC1CCN(Cc2cc(C(N)=O)ccc2F)C1. The van der Waals surface area contributed by atoms with Crippen LogP contribution in [0.15, 0.2) is 18.2 Å². The van der Waals surface area contributed by atoms with Gasteiger partial charge in [-0.3, -0.25) is 9.69 Å². The van der Waals surface area contributed by atoms with Crippen LogP contribution in [0.1, 0.15) is 22.3 Å². The maximum Gasteiger partial charge on any atom is 0.248 e. The Morgan fingerprint density at radius 3 is 3.05 bits per heavy atom. The molecule has 1 aromatic rings. The Morgan fingerprint density at radius 1 is 1.58 bits per heavy atom. The zero-order chi connectivity index (χ0) is 13.8. The van der Waals surface area contributed by atoms with Gasteiger partial charge in [0.1, 0.15) is 5.82 Å². The minimum atomic E-state index is -0.518. The van der Waals surface area contributed by atoms with Gasteiger partial charge in [0.25, 0.3) is 0 Å². The fraction of sp³-hybridized carbons (Fsp3) is 0.500. The summed E-state index contributed by atoms with van der Waals surface area (Å²) in [5.41, 5.74) is 6.13. The molecule has 1 saturated heterocycles. The lowest BCUT2D eigenvalue weighted by molar-refractivity contribution is 0.1000. The lowest BCUT2D eigenvalue weighted by Gasteiger charge is -2.17. The molecule has 0 radical (unpaired) electrons. The second kappa shape index (κ2) is 6.12. The van der Waals surface area contributed by atoms with Gasteiger partial charge in [0.2, 0.25) is 5.91 Å². The molecule has 1 aromatic carbocycles. The van der Waals surface area contributed by atoms with Gasteiger partial charge in [-0.25, -0.2) is 4.39 Å². The first kappa shape index (κ1) is 14.0. The third-order valence-corrected chi connectivity index (χ3v) is 3.59. The Hall–Kier alpha value is -1.46. The maximum atomic E-state index is 13.7. The van der Waals surface area contributed by atoms with Crippen LogP contribution < -0.4 is 11.1 Å². The number of carbonyl (C=O) groups excluding carboxylic acids is 1. The van der Waals surface area contributed by atoms with Crippen LogP contribution in [-0.2, 0) is 6.54 Å². The molecule has 1 fully saturated rings. The molecule has 0 aliphatic carbocycles. The molecule has 2 rings (SSSR count). The van der Waals surface area contributed by atoms with E-state index in [1.807, 2.05) is 7.05 Å². The molecule has 0 spiro atoms. The van der Waals surface area contributed by atoms with E-state index in [4.69, 9.17) is 5.73 Å². The molecule has 1 heterocycles. The summed E-state index contributed by atoms with van der Waals surface area (Å²) in [6.07, 6.45) is 1.12. The Kier molecular flexibility index (Phi) is 4.50. The van der Waals surface area contributed by atoms with Crippen molar-refractivity contribution < 1.29 is 9.18 Å². The zero-order valence-corrected chi connectivity index (χ0v) is 11.2. The largest absolute Gasteiger partial charge is 0.366 e. The van der Waals surface area contributed by atoms with Crippen LogP contribution >= 0.6 is 0 Å². The summed E-state index contributed by atoms with van der Waals surface area (Å²) in [5.74, 6) is -0.176. The Bertz CT molecular complexity index is 464. The molecule has 1 amide bonds. The predicted octanol–water partition coefficient (Wildman–Crippen LogP) is 0.966. The summed E-state index contributed by atoms with van der Waals surface area (Å²) in [6, 6.07) is 4.30. The minimum absolute atomic E-state index is 0.276. The summed E-state index contributed by atoms with van der Waals surface area (Å²) in [4.78, 5) is 13.3. The second-order valence-electron chi connectivity index (χ2n) is 5.12. The molecule has 0 aromatic heterocycles. The normalized spacial score (nSPS) is 19.8. The third kappa shape index (κ3) is 3.52. The summed E-state index contributed by atoms with van der Waals surface area (Å²) in [6.45, 7) is 3.45. The fourth-order valence-electron chi connectivity index (χ4n) is 2.60. The second-order valence-corrected chi connectivity index (χ2v) is 5.12. The van der Waals surface area contributed by atoms with E-state index in [0.29, 0.717) is 23.6 Å². The summed E-state index contributed by atoms with van der Waals surface area (Å²) < 4.78 is 13.7. The number of carbonyl (C=O) groups is 1. The van der Waals surface area contributed by atoms with Gasteiger partial charge >= 0.3 is 0 Å². The third-order valence-electron chi connectivity index (χ3n) is 3.59. The van der Waals surface area contributed by atoms with E-state index in [-0.39, 0.29) is 5.82 Å². The number of nitrogens with zero attached hydrogens (tertiary/aromatic N) is 1. The van der Waals surface area contributed by atoms with Gasteiger partial charge in [-0.05, 0) is 50.7 Å². The Labute approximate surface area is 112 Å². The van der Waals surface area contributed by atoms with E-state index in [0.717, 1.165) is 26.1 Å². The van der Waals surface area contributed by atoms with Crippen LogP contribution in [0.5, 0.6) is 0 Å². The number of benzene rings is 1. The number of likely N-dealkylation sites (tertiary alicyclic amines) is 1. The first-order valence-electron chi connectivity index (χ1n) is 6.55. The van der Waals surface area contributed by atoms with Gasteiger partial charge < -0.3 is 11.1 Å². The van der Waals surface area contributed by atoms with E-state index in [1.165, 1.54) is 12.1 Å². The van der Waals surface area contributed by atoms with Crippen LogP contribution in [0.4, 0.5) is 4.39 Å². The number of hydrogen-bond acceptors (Lipinski definition) is 3. The van der Waals surface area contributed by atoms with Gasteiger partial charge in [-0.15, -0.1) is 0 Å². The van der Waals surface area contributed by atoms with Crippen LogP contribution in [0.3, 0.4) is 0 Å². The highest BCUT2D eigenvalue weighted by molar-refractivity contribution is 5.92. The number of hydrogen-bond donors (Lipinski definition) is 2. The number of halogens is 1. The van der Waals surface area contributed by atoms with E-state index >= 15 is 0 Å². The zero-order valence-electron chi connectivity index (χ0n) is 11.2. The van der Waals surface area contributed by atoms with Crippen LogP contribution in [-0.4, -0.2) is 37.5 Å². The van der Waals surface area contributed by atoms with Crippen molar-refractivity contribution in [3.8, 4) is 0 Å². The molecule has 4 nitrogen and oxygen atoms in total. The molecule has 3 N–H and O–H groups in total. The number of amides is 1. The van der Waals surface area contributed by atoms with Gasteiger partial charge in [0.05, 0.1) is 0 Å². The quantitative estimate of drug-likeness (QED) is 0.834. The molecule has 5 heteroatoms. The monoisotopic (exact) mass is 265 g/mol. The van der Waals surface area contributed by atoms with Gasteiger partial charge in [0.15, 0.2) is 0 Å². The van der Waals surface area contributed by atoms with E-state index < -0.39 is 5.91 Å². The highest BCUT2D eigenvalue weighted by Gasteiger charge is 2.22. The van der Waals surface area contributed by atoms with Gasteiger partial charge in [-0.1, -0.05) is 0 Å². The standard InChI is InChI=1S/C14H20FN3O/c1-17-7-10-4-5-18(8-10)9-12-6-11(14(16)19)2-3-13(12)15/h2-3,6,10,17H,4-5,7-9H2,1H3,(H2,16,19). The first-order chi connectivity index (χ1) is 9.10. The number of primary amides is 1. The van der Waals surface area contributed by atoms with Crippen LogP contribution in [0.25, 0.3) is 0 Å². The van der Waals surface area contributed by atoms with Crippen molar-refractivity contribution in [3.05, 3.63) is 35.1 Å². The molecule has 0 bridgehead atoms. The molecule has 0 saturated carbocycles. The topological polar surface area (TPSA) is 58.4 Å². The summed E-state index contributed by atoms with van der Waals surface area (Å²) >= 11 is 0. The number of nitrogens with two attached hydrogens (primary N) is 1. The number of nitrogens with one attached hydrogen (secondary N) is 1. The first-order valence-corrected chi connectivity index (χ1v) is 6.55. The van der Waals surface area contributed by atoms with E-state index in [2.05, 4.69) is 10.2 Å². The van der Waals surface area contributed by atoms with Crippen molar-refractivity contribution in [1.82, 2.24) is 10.2 Å².